The molecule has 314 valence electrons. The van der Waals surface area contributed by atoms with Crippen LogP contribution in [0.4, 0.5) is 0 Å². The van der Waals surface area contributed by atoms with E-state index in [4.69, 9.17) is 29.4 Å². The van der Waals surface area contributed by atoms with E-state index in [1.165, 1.54) is 45.6 Å². The molecule has 4 heterocycles. The Bertz CT molecular complexity index is 1610. The van der Waals surface area contributed by atoms with E-state index < -0.39 is 95.9 Å². The van der Waals surface area contributed by atoms with Crippen molar-refractivity contribution in [2.45, 2.75) is 171 Å². The zero-order valence-electron chi connectivity index (χ0n) is 32.5. The van der Waals surface area contributed by atoms with Gasteiger partial charge in [-0.15, -0.1) is 0 Å². The Morgan fingerprint density at radius 2 is 1.66 bits per heavy atom. The second kappa shape index (κ2) is 22.0. The molecule has 0 saturated carbocycles. The van der Waals surface area contributed by atoms with Crippen LogP contribution in [0.15, 0.2) is 33.7 Å². The predicted octanol–water partition coefficient (Wildman–Crippen LogP) is 1.07. The number of nitrogens with one attached hydrogen (secondary N) is 3. The molecule has 2 saturated heterocycles. The predicted molar refractivity (Wildman–Crippen MR) is 199 cm³/mol. The number of hydrogen-bond acceptors (Lipinski definition) is 13. The van der Waals surface area contributed by atoms with Crippen LogP contribution in [-0.4, -0.2) is 106 Å². The van der Waals surface area contributed by atoms with Gasteiger partial charge in [0.1, 0.15) is 30.5 Å². The van der Waals surface area contributed by atoms with Crippen molar-refractivity contribution in [2.24, 2.45) is 5.73 Å². The summed E-state index contributed by atoms with van der Waals surface area (Å²) in [5, 5.41) is 26.8. The largest absolute Gasteiger partial charge is 0.456 e. The number of carbonyl (C=O) groups is 4. The highest BCUT2D eigenvalue weighted by Gasteiger charge is 2.54. The average molecular weight is 794 g/mol. The molecule has 1 aromatic heterocycles. The molecule has 18 heteroatoms. The number of esters is 1. The van der Waals surface area contributed by atoms with Gasteiger partial charge in [0.15, 0.2) is 24.2 Å². The van der Waals surface area contributed by atoms with E-state index in [0.717, 1.165) is 55.0 Å². The molecule has 1 aromatic rings. The lowest BCUT2D eigenvalue weighted by atomic mass is 10.0. The topological polar surface area (TPSA) is 260 Å². The Balaban J connectivity index is 1.44. The van der Waals surface area contributed by atoms with Crippen molar-refractivity contribution in [1.29, 1.82) is 0 Å². The fraction of sp³-hybridized carbons (Fsp3) is 0.737. The number of aliphatic hydroxyl groups excluding tert-OH is 2. The standard InChI is InChI=1S/C38H59N5O13/c1-4-5-6-7-8-9-10-11-12-13-14-18-27(46)54-32-29(52-3)30(55-36(32)43-20-19-26(45)42-38(43)51)31(33(39)48)56-37-28(47)24(44)21-25(53-37)35(50)41-23-17-15-16-22(2)40-34(23)49/h19-24,28-32,36-37,44,47H,4-18H2,1-3H3,(H2,39,48)(H,40,49)(H,41,50)(H,42,45,51). The number of nitrogens with two attached hydrogens (primary N) is 1. The number of nitrogens with zero attached hydrogens (tertiary/aromatic N) is 1. The second-order valence-corrected chi connectivity index (χ2v) is 14.8. The van der Waals surface area contributed by atoms with E-state index in [0.29, 0.717) is 19.3 Å². The number of hydrogen-bond donors (Lipinski definition) is 6. The number of methoxy groups -OCH3 is 1. The zero-order chi connectivity index (χ0) is 40.8. The third-order valence-electron chi connectivity index (χ3n) is 10.3. The summed E-state index contributed by atoms with van der Waals surface area (Å²) in [6.07, 6.45) is 2.86. The highest BCUT2D eigenvalue weighted by molar-refractivity contribution is 5.95. The van der Waals surface area contributed by atoms with Gasteiger partial charge in [0.05, 0.1) is 0 Å². The molecular weight excluding hydrogens is 734 g/mol. The van der Waals surface area contributed by atoms with Crippen LogP contribution in [0, 0.1) is 0 Å². The Morgan fingerprint density at radius 3 is 2.29 bits per heavy atom. The van der Waals surface area contributed by atoms with Gasteiger partial charge in [0, 0.05) is 31.8 Å². The van der Waals surface area contributed by atoms with Crippen LogP contribution >= 0.6 is 0 Å². The first kappa shape index (κ1) is 44.6. The number of primary amides is 1. The zero-order valence-corrected chi connectivity index (χ0v) is 32.5. The van der Waals surface area contributed by atoms with Crippen molar-refractivity contribution in [1.82, 2.24) is 20.2 Å². The first-order chi connectivity index (χ1) is 26.8. The van der Waals surface area contributed by atoms with Gasteiger partial charge >= 0.3 is 11.7 Å². The maximum Gasteiger partial charge on any atom is 0.330 e. The van der Waals surface area contributed by atoms with Gasteiger partial charge in [-0.1, -0.05) is 71.1 Å². The normalized spacial score (nSPS) is 28.3. The number of amides is 3. The maximum atomic E-state index is 13.2. The molecular formula is C38H59N5O13. The number of aliphatic hydroxyl groups is 2. The van der Waals surface area contributed by atoms with Crippen molar-refractivity contribution in [3.63, 3.8) is 0 Å². The Kier molecular flexibility index (Phi) is 17.5. The van der Waals surface area contributed by atoms with Crippen molar-refractivity contribution in [3.05, 3.63) is 44.9 Å². The number of ether oxygens (including phenoxy) is 5. The molecule has 3 aliphatic heterocycles. The molecule has 10 atom stereocenters. The smallest absolute Gasteiger partial charge is 0.330 e. The minimum absolute atomic E-state index is 0.0519. The highest BCUT2D eigenvalue weighted by atomic mass is 16.7. The lowest BCUT2D eigenvalue weighted by Gasteiger charge is -2.35. The van der Waals surface area contributed by atoms with E-state index in [2.05, 4.69) is 22.5 Å². The maximum absolute atomic E-state index is 13.2. The molecule has 0 aliphatic carbocycles. The van der Waals surface area contributed by atoms with Gasteiger partial charge in [-0.25, -0.2) is 4.79 Å². The minimum Gasteiger partial charge on any atom is -0.456 e. The molecule has 18 nitrogen and oxygen atoms in total. The average Bonchev–Trinajstić information content (AvgIpc) is 3.41. The number of H-pyrrole nitrogens is 1. The van der Waals surface area contributed by atoms with Gasteiger partial charge in [-0.3, -0.25) is 33.5 Å². The summed E-state index contributed by atoms with van der Waals surface area (Å²) in [5.41, 5.74) is 4.15. The molecule has 0 spiro atoms. The third-order valence-corrected chi connectivity index (χ3v) is 10.3. The summed E-state index contributed by atoms with van der Waals surface area (Å²) < 4.78 is 30.0. The van der Waals surface area contributed by atoms with Gasteiger partial charge < -0.3 is 50.3 Å². The molecule has 10 unspecified atom stereocenters. The molecule has 3 amide bonds. The Hall–Kier alpha value is -4.10. The Morgan fingerprint density at radius 1 is 1.00 bits per heavy atom. The first-order valence-electron chi connectivity index (χ1n) is 19.8. The number of aromatic amines is 1. The molecule has 56 heavy (non-hydrogen) atoms. The van der Waals surface area contributed by atoms with Crippen LogP contribution in [0.2, 0.25) is 0 Å². The summed E-state index contributed by atoms with van der Waals surface area (Å²) in [7, 11) is 1.24. The van der Waals surface area contributed by atoms with Crippen LogP contribution in [0.25, 0.3) is 0 Å². The summed E-state index contributed by atoms with van der Waals surface area (Å²) in [6, 6.07) is 0.0807. The first-order valence-corrected chi connectivity index (χ1v) is 19.8. The van der Waals surface area contributed by atoms with Crippen LogP contribution < -0.4 is 27.6 Å². The highest BCUT2D eigenvalue weighted by Crippen LogP contribution is 2.36. The summed E-state index contributed by atoms with van der Waals surface area (Å²) in [5.74, 6) is -3.56. The van der Waals surface area contributed by atoms with Crippen molar-refractivity contribution in [3.8, 4) is 0 Å². The molecule has 2 fully saturated rings. The molecule has 3 aliphatic rings. The van der Waals surface area contributed by atoms with E-state index in [1.807, 2.05) is 6.92 Å². The van der Waals surface area contributed by atoms with Crippen molar-refractivity contribution in [2.75, 3.05) is 7.11 Å². The van der Waals surface area contributed by atoms with E-state index >= 15 is 0 Å². The lowest BCUT2D eigenvalue weighted by molar-refractivity contribution is -0.241. The quantitative estimate of drug-likeness (QED) is 0.0753. The SMILES string of the molecule is CCCCCCCCCCCCCC(=O)OC1C(OC)C(C(OC2OC(C(=O)NC3CCCC(C)NC3=O)=CC(O)C2O)C(N)=O)OC1n1ccc(=O)[nH]c1=O. The van der Waals surface area contributed by atoms with E-state index in [-0.39, 0.29) is 12.5 Å². The molecule has 0 radical (unpaired) electrons. The van der Waals surface area contributed by atoms with Crippen LogP contribution in [0.3, 0.4) is 0 Å². The molecule has 0 bridgehead atoms. The summed E-state index contributed by atoms with van der Waals surface area (Å²) in [6.45, 7) is 4.04. The third kappa shape index (κ3) is 12.4. The number of rotatable bonds is 21. The van der Waals surface area contributed by atoms with Crippen LogP contribution in [-0.2, 0) is 42.9 Å². The van der Waals surface area contributed by atoms with Crippen molar-refractivity contribution < 1.29 is 53.1 Å². The molecule has 0 aromatic carbocycles. The fourth-order valence-electron chi connectivity index (χ4n) is 7.18. The van der Waals surface area contributed by atoms with Gasteiger partial charge in [-0.2, -0.15) is 0 Å². The van der Waals surface area contributed by atoms with Crippen LogP contribution in [0.5, 0.6) is 0 Å². The molecule has 7 N–H and O–H groups in total. The number of carbonyl (C=O) groups excluding carboxylic acids is 4. The summed E-state index contributed by atoms with van der Waals surface area (Å²) >= 11 is 0. The van der Waals surface area contributed by atoms with E-state index in [1.54, 1.807) is 0 Å². The lowest BCUT2D eigenvalue weighted by Crippen LogP contribution is -2.54. The van der Waals surface area contributed by atoms with Crippen LogP contribution in [0.1, 0.15) is 116 Å². The Labute approximate surface area is 325 Å². The number of unbranched alkanes of at least 4 members (excludes halogenated alkanes) is 10. The fourth-order valence-corrected chi connectivity index (χ4v) is 7.18. The summed E-state index contributed by atoms with van der Waals surface area (Å²) in [4.78, 5) is 78.9. The van der Waals surface area contributed by atoms with Gasteiger partial charge in [-0.05, 0) is 38.7 Å². The number of aromatic nitrogens is 2. The van der Waals surface area contributed by atoms with Gasteiger partial charge in [0.2, 0.25) is 18.1 Å². The monoisotopic (exact) mass is 793 g/mol. The van der Waals surface area contributed by atoms with Crippen molar-refractivity contribution >= 4 is 23.7 Å². The van der Waals surface area contributed by atoms with E-state index in [9.17, 15) is 39.0 Å². The van der Waals surface area contributed by atoms with Gasteiger partial charge in [0.25, 0.3) is 11.5 Å². The second-order valence-electron chi connectivity index (χ2n) is 14.8. The minimum atomic E-state index is -1.88. The molecule has 4 rings (SSSR count).